The van der Waals surface area contributed by atoms with Crippen molar-refractivity contribution in [2.75, 3.05) is 46.5 Å². The second-order valence-electron chi connectivity index (χ2n) is 7.65. The highest BCUT2D eigenvalue weighted by molar-refractivity contribution is 5.92. The van der Waals surface area contributed by atoms with Crippen LogP contribution < -0.4 is 15.6 Å². The minimum atomic E-state index is -0.293. The molecule has 0 saturated carbocycles. The maximum atomic E-state index is 13.1. The van der Waals surface area contributed by atoms with Crippen LogP contribution in [0.25, 0.3) is 16.4 Å². The van der Waals surface area contributed by atoms with E-state index in [1.807, 2.05) is 35.6 Å². The maximum absolute atomic E-state index is 13.1. The highest BCUT2D eigenvalue weighted by Gasteiger charge is 2.17. The second-order valence-corrected chi connectivity index (χ2v) is 7.65. The van der Waals surface area contributed by atoms with E-state index in [2.05, 4.69) is 15.3 Å². The lowest BCUT2D eigenvalue weighted by atomic mass is 10.2. The molecule has 0 spiro atoms. The summed E-state index contributed by atoms with van der Waals surface area (Å²) in [6, 6.07) is 7.51. The lowest BCUT2D eigenvalue weighted by Crippen LogP contribution is -2.39. The number of fused-ring (bicyclic) bond motifs is 3. The predicted molar refractivity (Wildman–Crippen MR) is 118 cm³/mol. The van der Waals surface area contributed by atoms with Crippen molar-refractivity contribution >= 4 is 22.3 Å². The molecule has 1 aliphatic rings. The summed E-state index contributed by atoms with van der Waals surface area (Å²) in [5.74, 6) is 1.21. The largest absolute Gasteiger partial charge is 0.496 e. The minimum absolute atomic E-state index is 0.0987. The van der Waals surface area contributed by atoms with Gasteiger partial charge in [-0.2, -0.15) is 5.10 Å². The summed E-state index contributed by atoms with van der Waals surface area (Å²) in [5, 5.41) is 8.24. The highest BCUT2D eigenvalue weighted by atomic mass is 16.5. The van der Waals surface area contributed by atoms with Gasteiger partial charge >= 0.3 is 0 Å². The molecule has 9 heteroatoms. The number of morpholine rings is 1. The van der Waals surface area contributed by atoms with Gasteiger partial charge in [0, 0.05) is 31.4 Å². The molecule has 3 aromatic rings. The molecule has 4 rings (SSSR count). The van der Waals surface area contributed by atoms with E-state index in [1.165, 1.54) is 4.68 Å². The number of hydrogen-bond acceptors (Lipinski definition) is 6. The lowest BCUT2D eigenvalue weighted by molar-refractivity contribution is -0.121. The van der Waals surface area contributed by atoms with Crippen molar-refractivity contribution in [3.05, 3.63) is 40.4 Å². The van der Waals surface area contributed by atoms with Gasteiger partial charge < -0.3 is 14.8 Å². The molecule has 1 amide bonds. The van der Waals surface area contributed by atoms with Crippen molar-refractivity contribution in [2.24, 2.45) is 0 Å². The molecule has 0 aliphatic carbocycles. The fraction of sp³-hybridized carbons (Fsp3) is 0.500. The molecule has 1 N–H and O–H groups in total. The third kappa shape index (κ3) is 4.42. The summed E-state index contributed by atoms with van der Waals surface area (Å²) in [6.45, 7) is 6.78. The first kappa shape index (κ1) is 21.3. The Bertz CT molecular complexity index is 1130. The van der Waals surface area contributed by atoms with E-state index in [0.717, 1.165) is 56.0 Å². The van der Waals surface area contributed by atoms with E-state index < -0.39 is 0 Å². The van der Waals surface area contributed by atoms with Crippen LogP contribution in [0.15, 0.2) is 29.1 Å². The molecule has 1 saturated heterocycles. The molecule has 3 heterocycles. The molecule has 1 fully saturated rings. The number of amides is 1. The Balaban J connectivity index is 1.50. The van der Waals surface area contributed by atoms with E-state index >= 15 is 0 Å². The van der Waals surface area contributed by atoms with Gasteiger partial charge in [-0.15, -0.1) is 0 Å². The number of aromatic nitrogens is 3. The first-order valence-corrected chi connectivity index (χ1v) is 10.8. The van der Waals surface area contributed by atoms with Gasteiger partial charge in [0.15, 0.2) is 0 Å². The number of carbonyl (C=O) groups is 1. The zero-order chi connectivity index (χ0) is 21.8. The molecule has 0 unspecified atom stereocenters. The van der Waals surface area contributed by atoms with Gasteiger partial charge in [0.05, 0.1) is 25.8 Å². The molecule has 0 bridgehead atoms. The van der Waals surface area contributed by atoms with Crippen LogP contribution in [0, 0.1) is 0 Å². The van der Waals surface area contributed by atoms with Gasteiger partial charge in [0.2, 0.25) is 5.91 Å². The molecular weight excluding hydrogens is 398 g/mol. The topological polar surface area (TPSA) is 90.1 Å². The summed E-state index contributed by atoms with van der Waals surface area (Å²) in [6.07, 6.45) is 1.48. The summed E-state index contributed by atoms with van der Waals surface area (Å²) in [4.78, 5) is 27.9. The normalized spacial score (nSPS) is 14.9. The predicted octanol–water partition coefficient (Wildman–Crippen LogP) is 1.06. The summed E-state index contributed by atoms with van der Waals surface area (Å²) in [5.41, 5.74) is 1.07. The lowest BCUT2D eigenvalue weighted by Gasteiger charge is -2.26. The van der Waals surface area contributed by atoms with Crippen LogP contribution in [-0.2, 0) is 22.5 Å². The zero-order valence-electron chi connectivity index (χ0n) is 18.1. The van der Waals surface area contributed by atoms with E-state index in [9.17, 15) is 9.59 Å². The van der Waals surface area contributed by atoms with Crippen molar-refractivity contribution < 1.29 is 14.3 Å². The molecule has 1 aromatic carbocycles. The Hall–Kier alpha value is -2.91. The van der Waals surface area contributed by atoms with Crippen LogP contribution in [-0.4, -0.2) is 71.5 Å². The van der Waals surface area contributed by atoms with E-state index in [0.29, 0.717) is 24.2 Å². The second kappa shape index (κ2) is 9.49. The number of hydrogen-bond donors (Lipinski definition) is 1. The number of ether oxygens (including phenoxy) is 2. The van der Waals surface area contributed by atoms with Crippen LogP contribution in [0.1, 0.15) is 19.2 Å². The van der Waals surface area contributed by atoms with Gasteiger partial charge in [-0.05, 0) is 31.2 Å². The van der Waals surface area contributed by atoms with Crippen molar-refractivity contribution in [1.29, 1.82) is 0 Å². The van der Waals surface area contributed by atoms with E-state index in [1.54, 1.807) is 7.11 Å². The van der Waals surface area contributed by atoms with Gasteiger partial charge in [-0.1, -0.05) is 13.0 Å². The number of nitrogens with zero attached hydrogens (tertiary/aromatic N) is 4. The number of benzene rings is 1. The summed E-state index contributed by atoms with van der Waals surface area (Å²) >= 11 is 0. The van der Waals surface area contributed by atoms with E-state index in [-0.39, 0.29) is 18.0 Å². The molecule has 2 aromatic heterocycles. The quantitative estimate of drug-likeness (QED) is 0.541. The average molecular weight is 428 g/mol. The number of carbonyl (C=O) groups excluding carboxylic acids is 1. The summed E-state index contributed by atoms with van der Waals surface area (Å²) in [7, 11) is 1.61. The van der Waals surface area contributed by atoms with Gasteiger partial charge in [0.1, 0.15) is 23.6 Å². The van der Waals surface area contributed by atoms with Gasteiger partial charge in [0.25, 0.3) is 5.56 Å². The van der Waals surface area contributed by atoms with Crippen LogP contribution in [0.2, 0.25) is 0 Å². The van der Waals surface area contributed by atoms with Gasteiger partial charge in [-0.25, -0.2) is 4.68 Å². The average Bonchev–Trinajstić information content (AvgIpc) is 3.19. The number of nitrogens with one attached hydrogen (secondary N) is 1. The van der Waals surface area contributed by atoms with Crippen LogP contribution >= 0.6 is 0 Å². The van der Waals surface area contributed by atoms with Crippen molar-refractivity contribution in [3.63, 3.8) is 0 Å². The number of rotatable bonds is 8. The van der Waals surface area contributed by atoms with Crippen molar-refractivity contribution in [2.45, 2.75) is 26.3 Å². The first-order valence-electron chi connectivity index (χ1n) is 10.8. The molecule has 31 heavy (non-hydrogen) atoms. The molecule has 166 valence electrons. The molecule has 0 atom stereocenters. The molecule has 9 nitrogen and oxygen atoms in total. The Morgan fingerprint density at radius 1 is 1.26 bits per heavy atom. The Morgan fingerprint density at radius 3 is 2.81 bits per heavy atom. The minimum Gasteiger partial charge on any atom is -0.496 e. The van der Waals surface area contributed by atoms with E-state index in [4.69, 9.17) is 9.47 Å². The third-order valence-electron chi connectivity index (χ3n) is 5.66. The molecular formula is C22H29N5O4. The van der Waals surface area contributed by atoms with Crippen molar-refractivity contribution in [3.8, 4) is 5.75 Å². The molecule has 0 radical (unpaired) electrons. The van der Waals surface area contributed by atoms with Crippen LogP contribution in [0.5, 0.6) is 5.75 Å². The van der Waals surface area contributed by atoms with Crippen molar-refractivity contribution in [1.82, 2.24) is 24.4 Å². The standard InChI is InChI=1S/C22H29N5O4/c1-3-20-24-26(15-21(28)23-8-5-9-25-10-12-31-13-11-25)22(29)18-14-16-17(27(18)20)6-4-7-19(16)30-2/h4,6-7,14H,3,5,8-13,15H2,1-2H3,(H,23,28). The maximum Gasteiger partial charge on any atom is 0.291 e. The van der Waals surface area contributed by atoms with Crippen LogP contribution in [0.3, 0.4) is 0 Å². The smallest absolute Gasteiger partial charge is 0.291 e. The fourth-order valence-electron chi connectivity index (χ4n) is 4.06. The summed E-state index contributed by atoms with van der Waals surface area (Å²) < 4.78 is 13.9. The molecule has 1 aliphatic heterocycles. The monoisotopic (exact) mass is 427 g/mol. The fourth-order valence-corrected chi connectivity index (χ4v) is 4.06. The Kier molecular flexibility index (Phi) is 6.53. The third-order valence-corrected chi connectivity index (χ3v) is 5.66. The zero-order valence-corrected chi connectivity index (χ0v) is 18.1. The Labute approximate surface area is 180 Å². The highest BCUT2D eigenvalue weighted by Crippen LogP contribution is 2.28. The first-order chi connectivity index (χ1) is 15.1. The SMILES string of the molecule is CCc1nn(CC(=O)NCCCN2CCOCC2)c(=O)c2cc3c(OC)cccc3n12. The number of aryl methyl sites for hydroxylation is 1. The Morgan fingerprint density at radius 2 is 2.06 bits per heavy atom. The van der Waals surface area contributed by atoms with Gasteiger partial charge in [-0.3, -0.25) is 18.9 Å². The van der Waals surface area contributed by atoms with Crippen LogP contribution in [0.4, 0.5) is 0 Å². The number of methoxy groups -OCH3 is 1.